The third kappa shape index (κ3) is 54.1. The first-order valence-corrected chi connectivity index (χ1v) is 36.4. The van der Waals surface area contributed by atoms with Crippen molar-refractivity contribution in [1.29, 1.82) is 0 Å². The number of hydrogen-bond donors (Lipinski definition) is 6. The third-order valence-corrected chi connectivity index (χ3v) is 16.5. The van der Waals surface area contributed by atoms with Crippen molar-refractivity contribution in [3.63, 3.8) is 0 Å². The molecule has 6 N–H and O–H groups in total. The molecule has 1 amide bonds. The molecule has 0 aliphatic carbocycles. The van der Waals surface area contributed by atoms with Gasteiger partial charge in [-0.05, 0) is 103 Å². The molecule has 0 aromatic carbocycles. The van der Waals surface area contributed by atoms with Crippen LogP contribution in [-0.4, -0.2) is 87.5 Å². The zero-order valence-corrected chi connectivity index (χ0v) is 56.4. The number of rotatable bonds is 62. The molecule has 1 fully saturated rings. The Balaban J connectivity index is 2.19. The average molecular weight is 1230 g/mol. The quantitative estimate of drug-likeness (QED) is 0.0261. The fraction of sp³-hybridized carbons (Fsp3) is 0.709. The minimum absolute atomic E-state index is 0.208. The minimum Gasteiger partial charge on any atom is -0.394 e. The molecule has 1 heterocycles. The van der Waals surface area contributed by atoms with Gasteiger partial charge in [-0.15, -0.1) is 0 Å². The summed E-state index contributed by atoms with van der Waals surface area (Å²) in [6, 6.07) is -0.845. The van der Waals surface area contributed by atoms with Crippen LogP contribution < -0.4 is 5.32 Å². The van der Waals surface area contributed by atoms with Gasteiger partial charge in [0.1, 0.15) is 24.4 Å². The van der Waals surface area contributed by atoms with Gasteiger partial charge < -0.3 is 40.3 Å². The summed E-state index contributed by atoms with van der Waals surface area (Å²) in [5.41, 5.74) is 0. The summed E-state index contributed by atoms with van der Waals surface area (Å²) in [6.07, 6.45) is 94.2. The smallest absolute Gasteiger partial charge is 0.220 e. The Hall–Kier alpha value is -3.67. The van der Waals surface area contributed by atoms with Crippen molar-refractivity contribution in [2.75, 3.05) is 13.2 Å². The second kappa shape index (κ2) is 66.3. The summed E-state index contributed by atoms with van der Waals surface area (Å²) >= 11 is 0. The number of unbranched alkanes of at least 4 members (excludes halogenated alkanes) is 32. The maximum atomic E-state index is 13.1. The van der Waals surface area contributed by atoms with E-state index in [9.17, 15) is 30.3 Å². The third-order valence-electron chi connectivity index (χ3n) is 16.5. The lowest BCUT2D eigenvalue weighted by Crippen LogP contribution is -2.60. The van der Waals surface area contributed by atoms with E-state index in [0.29, 0.717) is 6.42 Å². The van der Waals surface area contributed by atoms with Gasteiger partial charge in [-0.1, -0.05) is 327 Å². The fourth-order valence-corrected chi connectivity index (χ4v) is 10.8. The van der Waals surface area contributed by atoms with Crippen LogP contribution in [0.25, 0.3) is 0 Å². The van der Waals surface area contributed by atoms with Gasteiger partial charge in [0.2, 0.25) is 5.91 Å². The molecule has 7 unspecified atom stereocenters. The minimum atomic E-state index is -1.59. The highest BCUT2D eigenvalue weighted by atomic mass is 16.7. The number of ether oxygens (including phenoxy) is 2. The molecule has 0 aromatic heterocycles. The summed E-state index contributed by atoms with van der Waals surface area (Å²) in [7, 11) is 0. The van der Waals surface area contributed by atoms with Crippen LogP contribution in [-0.2, 0) is 14.3 Å². The number of hydrogen-bond acceptors (Lipinski definition) is 8. The first kappa shape index (κ1) is 82.3. The predicted molar refractivity (Wildman–Crippen MR) is 377 cm³/mol. The van der Waals surface area contributed by atoms with Gasteiger partial charge in [0.05, 0.1) is 25.4 Å². The highest BCUT2D eigenvalue weighted by molar-refractivity contribution is 5.76. The van der Waals surface area contributed by atoms with Gasteiger partial charge in [0.15, 0.2) is 6.29 Å². The van der Waals surface area contributed by atoms with Crippen LogP contribution in [0.4, 0.5) is 0 Å². The van der Waals surface area contributed by atoms with E-state index in [2.05, 4.69) is 141 Å². The topological polar surface area (TPSA) is 149 Å². The molecular formula is C79H135NO8. The highest BCUT2D eigenvalue weighted by Crippen LogP contribution is 2.23. The molecule has 9 nitrogen and oxygen atoms in total. The van der Waals surface area contributed by atoms with Gasteiger partial charge in [-0.2, -0.15) is 0 Å². The van der Waals surface area contributed by atoms with Crippen molar-refractivity contribution < 1.29 is 39.8 Å². The largest absolute Gasteiger partial charge is 0.394 e. The summed E-state index contributed by atoms with van der Waals surface area (Å²) in [4.78, 5) is 13.1. The zero-order chi connectivity index (χ0) is 63.5. The molecule has 1 aliphatic heterocycles. The molecule has 9 heteroatoms. The number of nitrogens with one attached hydrogen (secondary N) is 1. The van der Waals surface area contributed by atoms with Crippen molar-refractivity contribution in [3.8, 4) is 0 Å². The van der Waals surface area contributed by atoms with Gasteiger partial charge in [0.25, 0.3) is 0 Å². The van der Waals surface area contributed by atoms with Crippen molar-refractivity contribution in [2.45, 2.75) is 346 Å². The van der Waals surface area contributed by atoms with Gasteiger partial charge in [-0.25, -0.2) is 0 Å². The van der Waals surface area contributed by atoms with E-state index in [1.165, 1.54) is 167 Å². The first-order valence-electron chi connectivity index (χ1n) is 36.4. The summed E-state index contributed by atoms with van der Waals surface area (Å²) < 4.78 is 11.3. The van der Waals surface area contributed by atoms with E-state index in [-0.39, 0.29) is 12.5 Å². The lowest BCUT2D eigenvalue weighted by molar-refractivity contribution is -0.302. The Morgan fingerprint density at radius 2 is 0.716 bits per heavy atom. The molecule has 0 spiro atoms. The molecule has 7 atom stereocenters. The van der Waals surface area contributed by atoms with Crippen LogP contribution in [0.5, 0.6) is 0 Å². The van der Waals surface area contributed by atoms with Gasteiger partial charge >= 0.3 is 0 Å². The van der Waals surface area contributed by atoms with Crippen LogP contribution in [0, 0.1) is 0 Å². The summed E-state index contributed by atoms with van der Waals surface area (Å²) in [6.45, 7) is 3.66. The predicted octanol–water partition coefficient (Wildman–Crippen LogP) is 20.4. The standard InChI is InChI=1S/C79H135NO8/c1-3-5-7-9-11-13-15-17-19-21-23-25-27-29-31-33-35-37-39-41-43-45-47-49-51-53-55-57-59-61-63-65-67-69-75(83)80-72(71-87-79-78(86)77(85)76(84)74(70-81)88-79)73(82)68-66-64-62-60-58-56-54-52-50-48-46-44-42-40-38-36-34-32-30-28-26-24-22-20-18-16-14-12-10-8-6-4-2/h5,7,11,13,17,19,23,25,29,31,35,37,41,43,47,49,53,55,58,60,66,68,72-74,76-79,81-82,84-86H,3-4,6,8-10,12,14-16,18,20-22,24,26-28,30,32-34,36,38-40,42,44-46,48,50-52,54,56-57,59,61-65,67,69-71H2,1-2H3,(H,80,83)/b7-5-,13-11-,19-17-,25-23-,31-29-,37-35-,43-41-,49-47-,55-53-,60-58+,68-66+. The Kier molecular flexibility index (Phi) is 62.0. The molecule has 1 aliphatic rings. The van der Waals surface area contributed by atoms with Crippen molar-refractivity contribution in [1.82, 2.24) is 5.32 Å². The first-order chi connectivity index (χ1) is 43.3. The van der Waals surface area contributed by atoms with Crippen LogP contribution >= 0.6 is 0 Å². The van der Waals surface area contributed by atoms with Crippen LogP contribution in [0.15, 0.2) is 134 Å². The van der Waals surface area contributed by atoms with Gasteiger partial charge in [-0.3, -0.25) is 4.79 Å². The lowest BCUT2D eigenvalue weighted by atomic mass is 9.99. The molecule has 1 saturated heterocycles. The average Bonchev–Trinajstić information content (AvgIpc) is 3.65. The Morgan fingerprint density at radius 1 is 0.398 bits per heavy atom. The van der Waals surface area contributed by atoms with Crippen LogP contribution in [0.3, 0.4) is 0 Å². The van der Waals surface area contributed by atoms with E-state index in [4.69, 9.17) is 9.47 Å². The number of aliphatic hydroxyl groups is 5. The van der Waals surface area contributed by atoms with Crippen molar-refractivity contribution >= 4 is 5.91 Å². The van der Waals surface area contributed by atoms with Crippen molar-refractivity contribution in [3.05, 3.63) is 134 Å². The van der Waals surface area contributed by atoms with E-state index in [0.717, 1.165) is 116 Å². The molecule has 0 saturated carbocycles. The maximum absolute atomic E-state index is 13.1. The maximum Gasteiger partial charge on any atom is 0.220 e. The second-order valence-electron chi connectivity index (χ2n) is 24.6. The Bertz CT molecular complexity index is 1860. The number of aliphatic hydroxyl groups excluding tert-OH is 5. The molecule has 0 bridgehead atoms. The second-order valence-corrected chi connectivity index (χ2v) is 24.6. The monoisotopic (exact) mass is 1230 g/mol. The van der Waals surface area contributed by atoms with Gasteiger partial charge in [0, 0.05) is 6.42 Å². The number of carbonyl (C=O) groups excluding carboxylic acids is 1. The highest BCUT2D eigenvalue weighted by Gasteiger charge is 2.44. The normalized spacial score (nSPS) is 18.7. The Morgan fingerprint density at radius 3 is 1.09 bits per heavy atom. The molecule has 504 valence electrons. The molecule has 88 heavy (non-hydrogen) atoms. The number of allylic oxidation sites excluding steroid dienone is 21. The van der Waals surface area contributed by atoms with E-state index >= 15 is 0 Å². The summed E-state index contributed by atoms with van der Waals surface area (Å²) in [5.74, 6) is -0.208. The number of carbonyl (C=O) groups is 1. The van der Waals surface area contributed by atoms with E-state index in [1.54, 1.807) is 6.08 Å². The van der Waals surface area contributed by atoms with Crippen LogP contribution in [0.1, 0.15) is 303 Å². The molecule has 1 rings (SSSR count). The number of amides is 1. The SMILES string of the molecule is CC/C=C\C/C=C\C/C=C\C/C=C\C/C=C\C/C=C\C/C=C\C/C=C\C/C=C\CCCCCCCC(=O)NC(COC1OC(CO)C(O)C(O)C1O)C(O)/C=C/CC/C=C/CCCCCCCCCCCCCCCCCCCCCCCCCCCC. The summed E-state index contributed by atoms with van der Waals surface area (Å²) in [5, 5.41) is 54.8. The molecular weight excluding hydrogens is 1090 g/mol. The van der Waals surface area contributed by atoms with E-state index < -0.39 is 49.5 Å². The van der Waals surface area contributed by atoms with Crippen LogP contribution in [0.2, 0.25) is 0 Å². The molecule has 0 radical (unpaired) electrons. The van der Waals surface area contributed by atoms with E-state index in [1.807, 2.05) is 6.08 Å². The zero-order valence-electron chi connectivity index (χ0n) is 56.4. The molecule has 0 aromatic rings. The Labute approximate surface area is 541 Å². The van der Waals surface area contributed by atoms with Crippen molar-refractivity contribution in [2.24, 2.45) is 0 Å². The lowest BCUT2D eigenvalue weighted by Gasteiger charge is -2.40. The fourth-order valence-electron chi connectivity index (χ4n) is 10.8.